The monoisotopic (exact) mass is 982 g/mol. The summed E-state index contributed by atoms with van der Waals surface area (Å²) in [6, 6.07) is -0.588. The molecular formula is C64H119NO5. The molecule has 0 aromatic heterocycles. The first-order chi connectivity index (χ1) is 34.5. The van der Waals surface area contributed by atoms with Crippen molar-refractivity contribution in [3.8, 4) is 0 Å². The van der Waals surface area contributed by atoms with E-state index in [0.29, 0.717) is 32.3 Å². The molecule has 0 heterocycles. The minimum atomic E-state index is -0.701. The molecule has 0 rings (SSSR count). The Balaban J connectivity index is 3.52. The Morgan fingerprint density at radius 3 is 1.14 bits per heavy atom. The van der Waals surface area contributed by atoms with E-state index in [0.717, 1.165) is 57.8 Å². The van der Waals surface area contributed by atoms with Crippen LogP contribution in [0.5, 0.6) is 0 Å². The minimum absolute atomic E-state index is 0.0205. The van der Waals surface area contributed by atoms with Crippen molar-refractivity contribution in [3.63, 3.8) is 0 Å². The Hall–Kier alpha value is -2.18. The van der Waals surface area contributed by atoms with Crippen LogP contribution in [0.2, 0.25) is 0 Å². The van der Waals surface area contributed by atoms with Crippen molar-refractivity contribution in [2.75, 3.05) is 13.2 Å². The Bertz CT molecular complexity index is 1180. The molecule has 3 N–H and O–H groups in total. The molecule has 0 spiro atoms. The third kappa shape index (κ3) is 55.1. The summed E-state index contributed by atoms with van der Waals surface area (Å²) in [7, 11) is 0. The van der Waals surface area contributed by atoms with Gasteiger partial charge in [0.1, 0.15) is 0 Å². The second kappa shape index (κ2) is 59.4. The summed E-state index contributed by atoms with van der Waals surface area (Å²) in [6.45, 7) is 4.88. The van der Waals surface area contributed by atoms with Gasteiger partial charge in [0.05, 0.1) is 25.4 Å². The number of unbranched alkanes of at least 4 members (excludes halogenated alkanes) is 38. The first kappa shape index (κ1) is 67.8. The highest BCUT2D eigenvalue weighted by molar-refractivity contribution is 5.76. The summed E-state index contributed by atoms with van der Waals surface area (Å²) in [6.07, 6.45) is 75.5. The molecule has 1 amide bonds. The van der Waals surface area contributed by atoms with Gasteiger partial charge in [0.15, 0.2) is 0 Å². The summed E-state index contributed by atoms with van der Waals surface area (Å²) in [5.41, 5.74) is 0. The summed E-state index contributed by atoms with van der Waals surface area (Å²) in [5.74, 6) is -0.134. The smallest absolute Gasteiger partial charge is 0.305 e. The van der Waals surface area contributed by atoms with E-state index in [2.05, 4.69) is 61.7 Å². The molecule has 0 bridgehead atoms. The predicted octanol–water partition coefficient (Wildman–Crippen LogP) is 19.4. The fourth-order valence-corrected chi connectivity index (χ4v) is 9.37. The SMILES string of the molecule is CCCCC/C=C\C/C=C\CCCCCCCCCCCC(=O)OCCCCCCCC/C=C\C/C=C\CCC(=O)NC(CO)C(O)CCCCCCCCCCCCCCCCCCCCCCC. The standard InChI is InChI=1S/C64H119NO5/c1-3-5-7-9-11-13-15-17-19-21-23-24-26-27-29-32-36-40-44-48-52-56-62(67)61(60-66)65-63(68)57-53-49-45-41-37-33-31-35-39-43-47-51-55-59-70-64(69)58-54-50-46-42-38-34-30-28-25-22-20-18-16-14-12-10-8-6-4-2/h12,14,18,20,33,37,45,49,61-62,66-67H,3-11,13,15-17,19,21-32,34-36,38-44,46-48,50-60H2,1-2H3,(H,65,68)/b14-12-,20-18-,37-33-,49-45-. The van der Waals surface area contributed by atoms with Crippen molar-refractivity contribution in [1.29, 1.82) is 0 Å². The van der Waals surface area contributed by atoms with E-state index in [1.807, 2.05) is 6.08 Å². The number of rotatable bonds is 57. The number of hydrogen-bond acceptors (Lipinski definition) is 5. The lowest BCUT2D eigenvalue weighted by molar-refractivity contribution is -0.143. The molecular weight excluding hydrogens is 863 g/mol. The molecule has 2 unspecified atom stereocenters. The van der Waals surface area contributed by atoms with Gasteiger partial charge in [-0.1, -0.05) is 281 Å². The zero-order chi connectivity index (χ0) is 50.7. The number of esters is 1. The number of amides is 1. The topological polar surface area (TPSA) is 95.9 Å². The Morgan fingerprint density at radius 1 is 0.400 bits per heavy atom. The van der Waals surface area contributed by atoms with Gasteiger partial charge in [-0.15, -0.1) is 0 Å². The van der Waals surface area contributed by atoms with Crippen LogP contribution in [-0.2, 0) is 14.3 Å². The molecule has 0 aromatic rings. The number of carbonyl (C=O) groups is 2. The molecule has 0 aliphatic rings. The van der Waals surface area contributed by atoms with Gasteiger partial charge in [0.2, 0.25) is 5.91 Å². The van der Waals surface area contributed by atoms with E-state index in [-0.39, 0.29) is 18.5 Å². The molecule has 0 saturated heterocycles. The van der Waals surface area contributed by atoms with Gasteiger partial charge in [0, 0.05) is 12.8 Å². The molecule has 6 heteroatoms. The van der Waals surface area contributed by atoms with Crippen LogP contribution in [0.3, 0.4) is 0 Å². The largest absolute Gasteiger partial charge is 0.466 e. The van der Waals surface area contributed by atoms with E-state index in [9.17, 15) is 19.8 Å². The van der Waals surface area contributed by atoms with Crippen LogP contribution < -0.4 is 5.32 Å². The normalized spacial score (nSPS) is 12.9. The van der Waals surface area contributed by atoms with Gasteiger partial charge in [-0.2, -0.15) is 0 Å². The van der Waals surface area contributed by atoms with E-state index >= 15 is 0 Å². The lowest BCUT2D eigenvalue weighted by atomic mass is 10.0. The van der Waals surface area contributed by atoms with Crippen LogP contribution in [0.4, 0.5) is 0 Å². The molecule has 2 atom stereocenters. The third-order valence-corrected chi connectivity index (χ3v) is 14.1. The second-order valence-corrected chi connectivity index (χ2v) is 21.0. The number of aliphatic hydroxyl groups is 2. The summed E-state index contributed by atoms with van der Waals surface area (Å²) < 4.78 is 5.47. The maximum atomic E-state index is 12.5. The van der Waals surface area contributed by atoms with Gasteiger partial charge in [-0.3, -0.25) is 9.59 Å². The maximum absolute atomic E-state index is 12.5. The van der Waals surface area contributed by atoms with Crippen LogP contribution in [0.1, 0.15) is 322 Å². The van der Waals surface area contributed by atoms with Gasteiger partial charge in [-0.25, -0.2) is 0 Å². The van der Waals surface area contributed by atoms with Crippen LogP contribution in [0, 0.1) is 0 Å². The summed E-state index contributed by atoms with van der Waals surface area (Å²) in [4.78, 5) is 24.6. The van der Waals surface area contributed by atoms with E-state index in [4.69, 9.17) is 4.74 Å². The fourth-order valence-electron chi connectivity index (χ4n) is 9.37. The van der Waals surface area contributed by atoms with E-state index in [1.165, 1.54) is 225 Å². The molecule has 0 saturated carbocycles. The van der Waals surface area contributed by atoms with Gasteiger partial charge in [-0.05, 0) is 77.0 Å². The van der Waals surface area contributed by atoms with Crippen LogP contribution in [0.15, 0.2) is 48.6 Å². The average Bonchev–Trinajstić information content (AvgIpc) is 3.36. The van der Waals surface area contributed by atoms with Gasteiger partial charge < -0.3 is 20.3 Å². The van der Waals surface area contributed by atoms with Crippen molar-refractivity contribution < 1.29 is 24.5 Å². The number of ether oxygens (including phenoxy) is 1. The predicted molar refractivity (Wildman–Crippen MR) is 306 cm³/mol. The van der Waals surface area contributed by atoms with E-state index in [1.54, 1.807) is 0 Å². The quantitative estimate of drug-likeness (QED) is 0.0321. The zero-order valence-electron chi connectivity index (χ0n) is 46.7. The number of hydrogen-bond donors (Lipinski definition) is 3. The molecule has 6 nitrogen and oxygen atoms in total. The Labute approximate surface area is 436 Å². The molecule has 70 heavy (non-hydrogen) atoms. The van der Waals surface area contributed by atoms with Crippen LogP contribution in [0.25, 0.3) is 0 Å². The fraction of sp³-hybridized carbons (Fsp3) is 0.844. The molecule has 0 aliphatic carbocycles. The Morgan fingerprint density at radius 2 is 0.729 bits per heavy atom. The number of allylic oxidation sites excluding steroid dienone is 8. The highest BCUT2D eigenvalue weighted by atomic mass is 16.5. The van der Waals surface area contributed by atoms with Crippen molar-refractivity contribution >= 4 is 11.9 Å². The van der Waals surface area contributed by atoms with Crippen molar-refractivity contribution in [2.45, 2.75) is 334 Å². The first-order valence-corrected chi connectivity index (χ1v) is 30.9. The summed E-state index contributed by atoms with van der Waals surface area (Å²) in [5, 5.41) is 23.3. The minimum Gasteiger partial charge on any atom is -0.466 e. The highest BCUT2D eigenvalue weighted by Crippen LogP contribution is 2.17. The lowest BCUT2D eigenvalue weighted by Gasteiger charge is -2.22. The van der Waals surface area contributed by atoms with Crippen LogP contribution >= 0.6 is 0 Å². The average molecular weight is 983 g/mol. The van der Waals surface area contributed by atoms with Gasteiger partial charge in [0.25, 0.3) is 0 Å². The zero-order valence-corrected chi connectivity index (χ0v) is 46.7. The number of nitrogens with one attached hydrogen (secondary N) is 1. The van der Waals surface area contributed by atoms with Crippen LogP contribution in [-0.4, -0.2) is 47.4 Å². The number of aliphatic hydroxyl groups excluding tert-OH is 2. The number of carbonyl (C=O) groups excluding carboxylic acids is 2. The molecule has 410 valence electrons. The van der Waals surface area contributed by atoms with Crippen molar-refractivity contribution in [3.05, 3.63) is 48.6 Å². The third-order valence-electron chi connectivity index (χ3n) is 14.1. The Kier molecular flexibility index (Phi) is 57.5. The molecule has 0 aromatic carbocycles. The summed E-state index contributed by atoms with van der Waals surface area (Å²) >= 11 is 0. The maximum Gasteiger partial charge on any atom is 0.305 e. The highest BCUT2D eigenvalue weighted by Gasteiger charge is 2.20. The van der Waals surface area contributed by atoms with Gasteiger partial charge >= 0.3 is 5.97 Å². The molecule has 0 aliphatic heterocycles. The molecule has 0 radical (unpaired) electrons. The van der Waals surface area contributed by atoms with E-state index < -0.39 is 12.1 Å². The van der Waals surface area contributed by atoms with Crippen molar-refractivity contribution in [2.24, 2.45) is 0 Å². The van der Waals surface area contributed by atoms with Crippen molar-refractivity contribution in [1.82, 2.24) is 5.32 Å². The lowest BCUT2D eigenvalue weighted by Crippen LogP contribution is -2.45. The molecule has 0 fully saturated rings. The first-order valence-electron chi connectivity index (χ1n) is 30.9. The second-order valence-electron chi connectivity index (χ2n) is 21.0.